The summed E-state index contributed by atoms with van der Waals surface area (Å²) in [7, 11) is 0. The van der Waals surface area contributed by atoms with Crippen LogP contribution in [-0.4, -0.2) is 12.4 Å². The molecule has 0 saturated heterocycles. The summed E-state index contributed by atoms with van der Waals surface area (Å²) >= 11 is 0. The van der Waals surface area contributed by atoms with Crippen LogP contribution >= 0.6 is 0 Å². The molecular weight excluding hydrogens is 264 g/mol. The van der Waals surface area contributed by atoms with Crippen LogP contribution in [0.1, 0.15) is 37.0 Å². The average molecular weight is 284 g/mol. The first kappa shape index (κ1) is 15.1. The van der Waals surface area contributed by atoms with E-state index in [2.05, 4.69) is 6.92 Å². The lowest BCUT2D eigenvalue weighted by Gasteiger charge is -2.12. The van der Waals surface area contributed by atoms with Crippen molar-refractivity contribution in [2.45, 2.75) is 26.7 Å². The zero-order valence-corrected chi connectivity index (χ0v) is 12.5. The largest absolute Gasteiger partial charge is 0.490 e. The van der Waals surface area contributed by atoms with E-state index in [1.807, 2.05) is 43.3 Å². The van der Waals surface area contributed by atoms with E-state index in [1.54, 1.807) is 12.1 Å². The zero-order valence-electron chi connectivity index (χ0n) is 12.5. The second kappa shape index (κ2) is 7.48. The first-order valence-electron chi connectivity index (χ1n) is 7.27. The second-order valence-electron chi connectivity index (χ2n) is 4.70. The van der Waals surface area contributed by atoms with E-state index in [9.17, 15) is 4.79 Å². The van der Waals surface area contributed by atoms with Crippen LogP contribution in [0.3, 0.4) is 0 Å². The number of hydrogen-bond donors (Lipinski definition) is 0. The molecule has 3 heteroatoms. The van der Waals surface area contributed by atoms with Crippen molar-refractivity contribution in [2.24, 2.45) is 0 Å². The van der Waals surface area contributed by atoms with Crippen LogP contribution in [0.5, 0.6) is 17.2 Å². The summed E-state index contributed by atoms with van der Waals surface area (Å²) < 4.78 is 11.5. The van der Waals surface area contributed by atoms with Crippen molar-refractivity contribution in [1.82, 2.24) is 0 Å². The smallest absolute Gasteiger partial charge is 0.169 e. The molecule has 0 aliphatic carbocycles. The highest BCUT2D eigenvalue weighted by Crippen LogP contribution is 2.31. The Balaban J connectivity index is 2.20. The predicted molar refractivity (Wildman–Crippen MR) is 83.4 cm³/mol. The van der Waals surface area contributed by atoms with Gasteiger partial charge in [-0.3, -0.25) is 4.79 Å². The number of ketones is 1. The van der Waals surface area contributed by atoms with E-state index in [1.165, 1.54) is 0 Å². The molecule has 0 aliphatic rings. The molecule has 0 bridgehead atoms. The third kappa shape index (κ3) is 4.09. The van der Waals surface area contributed by atoms with Gasteiger partial charge in [-0.25, -0.2) is 0 Å². The number of ether oxygens (including phenoxy) is 2. The van der Waals surface area contributed by atoms with Gasteiger partial charge in [-0.05, 0) is 30.7 Å². The van der Waals surface area contributed by atoms with Gasteiger partial charge in [-0.1, -0.05) is 38.1 Å². The molecular formula is C18H20O3. The van der Waals surface area contributed by atoms with Crippen molar-refractivity contribution in [2.75, 3.05) is 6.61 Å². The number of carbonyl (C=O) groups excluding carboxylic acids is 1. The van der Waals surface area contributed by atoms with E-state index in [0.717, 1.165) is 6.42 Å². The van der Waals surface area contributed by atoms with Gasteiger partial charge in [0.1, 0.15) is 5.75 Å². The summed E-state index contributed by atoms with van der Waals surface area (Å²) in [5.41, 5.74) is 0.668. The third-order valence-electron chi connectivity index (χ3n) is 3.02. The topological polar surface area (TPSA) is 35.5 Å². The minimum absolute atomic E-state index is 0.107. The average Bonchev–Trinajstić information content (AvgIpc) is 2.53. The van der Waals surface area contributed by atoms with Gasteiger partial charge in [0, 0.05) is 12.0 Å². The van der Waals surface area contributed by atoms with Crippen molar-refractivity contribution >= 4 is 5.78 Å². The zero-order chi connectivity index (χ0) is 15.1. The number of para-hydroxylation sites is 2. The maximum absolute atomic E-state index is 11.7. The summed E-state index contributed by atoms with van der Waals surface area (Å²) in [5.74, 6) is 2.12. The Morgan fingerprint density at radius 1 is 1.00 bits per heavy atom. The molecule has 0 aliphatic heterocycles. The van der Waals surface area contributed by atoms with Gasteiger partial charge in [0.15, 0.2) is 17.3 Å². The lowest BCUT2D eigenvalue weighted by molar-refractivity contribution is 0.0988. The number of Topliss-reactive ketones (excluding diaryl/α,β-unsaturated/α-hetero) is 1. The molecule has 21 heavy (non-hydrogen) atoms. The van der Waals surface area contributed by atoms with Crippen molar-refractivity contribution in [1.29, 1.82) is 0 Å². The highest BCUT2D eigenvalue weighted by molar-refractivity contribution is 5.96. The number of hydrogen-bond acceptors (Lipinski definition) is 3. The summed E-state index contributed by atoms with van der Waals surface area (Å²) in [6, 6.07) is 14.8. The van der Waals surface area contributed by atoms with Gasteiger partial charge in [-0.2, -0.15) is 0 Å². The van der Waals surface area contributed by atoms with Crippen LogP contribution in [0.4, 0.5) is 0 Å². The Morgan fingerprint density at radius 2 is 1.76 bits per heavy atom. The Bertz CT molecular complexity index is 605. The van der Waals surface area contributed by atoms with Crippen LogP contribution in [0.2, 0.25) is 0 Å². The van der Waals surface area contributed by atoms with Crippen LogP contribution in [0.25, 0.3) is 0 Å². The van der Waals surface area contributed by atoms with Gasteiger partial charge >= 0.3 is 0 Å². The molecule has 0 atom stereocenters. The van der Waals surface area contributed by atoms with E-state index in [4.69, 9.17) is 9.47 Å². The fourth-order valence-electron chi connectivity index (χ4n) is 1.93. The lowest BCUT2D eigenvalue weighted by Crippen LogP contribution is -1.98. The van der Waals surface area contributed by atoms with Gasteiger partial charge < -0.3 is 9.47 Å². The predicted octanol–water partition coefficient (Wildman–Crippen LogP) is 4.86. The Labute approximate surface area is 125 Å². The maximum Gasteiger partial charge on any atom is 0.169 e. The fraction of sp³-hybridized carbons (Fsp3) is 0.278. The second-order valence-corrected chi connectivity index (χ2v) is 4.70. The molecule has 0 aromatic heterocycles. The fourth-order valence-corrected chi connectivity index (χ4v) is 1.93. The molecule has 0 N–H and O–H groups in total. The summed E-state index contributed by atoms with van der Waals surface area (Å²) in [5, 5.41) is 0. The molecule has 0 unspecified atom stereocenters. The summed E-state index contributed by atoms with van der Waals surface area (Å²) in [6.45, 7) is 4.56. The van der Waals surface area contributed by atoms with E-state index in [-0.39, 0.29) is 5.78 Å². The van der Waals surface area contributed by atoms with Crippen LogP contribution < -0.4 is 9.47 Å². The highest BCUT2D eigenvalue weighted by atomic mass is 16.5. The Hall–Kier alpha value is -2.29. The first-order valence-corrected chi connectivity index (χ1v) is 7.27. The molecule has 0 fully saturated rings. The third-order valence-corrected chi connectivity index (χ3v) is 3.02. The van der Waals surface area contributed by atoms with Gasteiger partial charge in [0.2, 0.25) is 0 Å². The van der Waals surface area contributed by atoms with Crippen molar-refractivity contribution in [3.05, 3.63) is 54.1 Å². The van der Waals surface area contributed by atoms with Crippen molar-refractivity contribution in [3.8, 4) is 17.2 Å². The Morgan fingerprint density at radius 3 is 2.48 bits per heavy atom. The molecule has 0 saturated carbocycles. The van der Waals surface area contributed by atoms with Gasteiger partial charge in [0.05, 0.1) is 6.61 Å². The molecule has 2 aromatic rings. The lowest BCUT2D eigenvalue weighted by atomic mass is 10.1. The summed E-state index contributed by atoms with van der Waals surface area (Å²) in [6.07, 6.45) is 1.43. The minimum Gasteiger partial charge on any atom is -0.490 e. The summed E-state index contributed by atoms with van der Waals surface area (Å²) in [4.78, 5) is 11.7. The molecule has 2 aromatic carbocycles. The van der Waals surface area contributed by atoms with Crippen LogP contribution in [0.15, 0.2) is 48.5 Å². The minimum atomic E-state index is 0.107. The first-order chi connectivity index (χ1) is 10.2. The van der Waals surface area contributed by atoms with Crippen molar-refractivity contribution in [3.63, 3.8) is 0 Å². The Kier molecular flexibility index (Phi) is 5.38. The molecule has 2 rings (SSSR count). The van der Waals surface area contributed by atoms with Crippen LogP contribution in [-0.2, 0) is 0 Å². The number of carbonyl (C=O) groups is 1. The number of benzene rings is 2. The molecule has 110 valence electrons. The van der Waals surface area contributed by atoms with E-state index < -0.39 is 0 Å². The monoisotopic (exact) mass is 284 g/mol. The SMILES string of the molecule is CCCOc1ccccc1Oc1cccc(C(=O)CC)c1. The van der Waals surface area contributed by atoms with E-state index in [0.29, 0.717) is 35.8 Å². The standard InChI is InChI=1S/C18H20O3/c1-3-12-20-17-10-5-6-11-18(17)21-15-9-7-8-14(13-15)16(19)4-2/h5-11,13H,3-4,12H2,1-2H3. The molecule has 0 heterocycles. The van der Waals surface area contributed by atoms with E-state index >= 15 is 0 Å². The molecule has 0 radical (unpaired) electrons. The quantitative estimate of drug-likeness (QED) is 0.681. The molecule has 0 spiro atoms. The van der Waals surface area contributed by atoms with Crippen LogP contribution in [0, 0.1) is 0 Å². The maximum atomic E-state index is 11.7. The number of rotatable bonds is 7. The van der Waals surface area contributed by atoms with Gasteiger partial charge in [0.25, 0.3) is 0 Å². The normalized spacial score (nSPS) is 10.2. The molecule has 0 amide bonds. The molecule has 3 nitrogen and oxygen atoms in total. The van der Waals surface area contributed by atoms with Crippen molar-refractivity contribution < 1.29 is 14.3 Å². The highest BCUT2D eigenvalue weighted by Gasteiger charge is 2.08. The van der Waals surface area contributed by atoms with Gasteiger partial charge in [-0.15, -0.1) is 0 Å².